The molecule has 1 aliphatic heterocycles. The normalized spacial score (nSPS) is 22.8. The van der Waals surface area contributed by atoms with Crippen LogP contribution in [0.2, 0.25) is 0 Å². The third kappa shape index (κ3) is 2.57. The van der Waals surface area contributed by atoms with Gasteiger partial charge in [-0.2, -0.15) is 5.10 Å². The second-order valence-corrected chi connectivity index (χ2v) is 8.47. The molecule has 4 rings (SSSR count). The number of hydrogen-bond acceptors (Lipinski definition) is 4. The zero-order valence-corrected chi connectivity index (χ0v) is 15.1. The smallest absolute Gasteiger partial charge is 0.263 e. The van der Waals surface area contributed by atoms with E-state index in [1.54, 1.807) is 0 Å². The van der Waals surface area contributed by atoms with Crippen LogP contribution < -0.4 is 0 Å². The molecule has 2 aliphatic rings. The van der Waals surface area contributed by atoms with E-state index >= 15 is 0 Å². The molecular formula is C18H24N4OS. The highest BCUT2D eigenvalue weighted by Crippen LogP contribution is 2.53. The van der Waals surface area contributed by atoms with E-state index in [2.05, 4.69) is 24.0 Å². The summed E-state index contributed by atoms with van der Waals surface area (Å²) in [5.74, 6) is 2.62. The number of thiophene rings is 1. The van der Waals surface area contributed by atoms with Crippen molar-refractivity contribution >= 4 is 17.2 Å². The number of amides is 1. The largest absolute Gasteiger partial charge is 0.337 e. The minimum Gasteiger partial charge on any atom is -0.337 e. The highest BCUT2D eigenvalue weighted by Gasteiger charge is 2.51. The molecule has 128 valence electrons. The highest BCUT2D eigenvalue weighted by molar-refractivity contribution is 7.12. The van der Waals surface area contributed by atoms with Gasteiger partial charge in [0, 0.05) is 24.9 Å². The molecule has 2 aromatic rings. The quantitative estimate of drug-likeness (QED) is 0.921. The fourth-order valence-electron chi connectivity index (χ4n) is 4.34. The summed E-state index contributed by atoms with van der Waals surface area (Å²) in [6, 6.07) is 3.87. The Morgan fingerprint density at radius 3 is 2.83 bits per heavy atom. The van der Waals surface area contributed by atoms with Crippen LogP contribution in [0.25, 0.3) is 0 Å². The zero-order chi connectivity index (χ0) is 16.7. The number of nitrogens with zero attached hydrogens (tertiary/aromatic N) is 3. The lowest BCUT2D eigenvalue weighted by molar-refractivity contribution is 0.0778. The van der Waals surface area contributed by atoms with Gasteiger partial charge in [0.05, 0.1) is 4.88 Å². The number of H-pyrrole nitrogens is 1. The molecule has 3 heterocycles. The fraction of sp³-hybridized carbons (Fsp3) is 0.611. The van der Waals surface area contributed by atoms with Gasteiger partial charge >= 0.3 is 0 Å². The van der Waals surface area contributed by atoms with E-state index in [-0.39, 0.29) is 17.2 Å². The first kappa shape index (κ1) is 15.8. The van der Waals surface area contributed by atoms with Crippen LogP contribution in [0.1, 0.15) is 72.7 Å². The predicted molar refractivity (Wildman–Crippen MR) is 94.3 cm³/mol. The first-order valence-corrected chi connectivity index (χ1v) is 9.72. The van der Waals surface area contributed by atoms with Gasteiger partial charge in [-0.15, -0.1) is 11.3 Å². The first-order valence-electron chi connectivity index (χ1n) is 8.84. The Morgan fingerprint density at radius 1 is 1.42 bits per heavy atom. The second kappa shape index (κ2) is 5.99. The molecular weight excluding hydrogens is 320 g/mol. The van der Waals surface area contributed by atoms with E-state index in [9.17, 15) is 4.79 Å². The van der Waals surface area contributed by atoms with Gasteiger partial charge in [0.2, 0.25) is 0 Å². The summed E-state index contributed by atoms with van der Waals surface area (Å²) in [6.45, 7) is 5.83. The SMILES string of the molecule is CC(C)c1n[nH]c(C2CN(C(=O)c3cccs3)CC23CCCC3)n1. The number of aromatic amines is 1. The molecule has 1 atom stereocenters. The lowest BCUT2D eigenvalue weighted by Crippen LogP contribution is -2.30. The average molecular weight is 344 g/mol. The van der Waals surface area contributed by atoms with Gasteiger partial charge in [-0.25, -0.2) is 4.98 Å². The van der Waals surface area contributed by atoms with Gasteiger partial charge in [-0.3, -0.25) is 9.89 Å². The summed E-state index contributed by atoms with van der Waals surface area (Å²) in [5.41, 5.74) is 0.181. The van der Waals surface area contributed by atoms with Crippen LogP contribution in [-0.2, 0) is 0 Å². The summed E-state index contributed by atoms with van der Waals surface area (Å²) >= 11 is 1.53. The van der Waals surface area contributed by atoms with Gasteiger partial charge in [0.1, 0.15) is 5.82 Å². The minimum absolute atomic E-state index is 0.169. The Labute approximate surface area is 146 Å². The highest BCUT2D eigenvalue weighted by atomic mass is 32.1. The van der Waals surface area contributed by atoms with E-state index in [1.165, 1.54) is 37.0 Å². The molecule has 1 saturated carbocycles. The Bertz CT molecular complexity index is 715. The number of hydrogen-bond donors (Lipinski definition) is 1. The number of carbonyl (C=O) groups is 1. The van der Waals surface area contributed by atoms with Crippen molar-refractivity contribution in [1.82, 2.24) is 20.1 Å². The molecule has 2 fully saturated rings. The molecule has 1 aliphatic carbocycles. The van der Waals surface area contributed by atoms with Gasteiger partial charge in [-0.05, 0) is 29.7 Å². The molecule has 2 aromatic heterocycles. The minimum atomic E-state index is 0.169. The topological polar surface area (TPSA) is 61.9 Å². The summed E-state index contributed by atoms with van der Waals surface area (Å²) in [6.07, 6.45) is 4.87. The van der Waals surface area contributed by atoms with E-state index < -0.39 is 0 Å². The Morgan fingerprint density at radius 2 is 2.21 bits per heavy atom. The number of nitrogens with one attached hydrogen (secondary N) is 1. The molecule has 1 amide bonds. The predicted octanol–water partition coefficient (Wildman–Crippen LogP) is 3.79. The second-order valence-electron chi connectivity index (χ2n) is 7.52. The zero-order valence-electron chi connectivity index (χ0n) is 14.3. The molecule has 0 aromatic carbocycles. The number of aromatic nitrogens is 3. The van der Waals surface area contributed by atoms with Crippen LogP contribution in [0, 0.1) is 5.41 Å². The Balaban J connectivity index is 1.63. The van der Waals surface area contributed by atoms with Crippen molar-refractivity contribution in [2.24, 2.45) is 5.41 Å². The molecule has 1 saturated heterocycles. The van der Waals surface area contributed by atoms with Crippen LogP contribution in [0.3, 0.4) is 0 Å². The van der Waals surface area contributed by atoms with E-state index in [0.717, 1.165) is 29.6 Å². The molecule has 0 radical (unpaired) electrons. The maximum Gasteiger partial charge on any atom is 0.263 e. The lowest BCUT2D eigenvalue weighted by Gasteiger charge is -2.28. The summed E-state index contributed by atoms with van der Waals surface area (Å²) in [7, 11) is 0. The summed E-state index contributed by atoms with van der Waals surface area (Å²) in [4.78, 5) is 20.5. The summed E-state index contributed by atoms with van der Waals surface area (Å²) < 4.78 is 0. The van der Waals surface area contributed by atoms with Crippen LogP contribution >= 0.6 is 11.3 Å². The average Bonchev–Trinajstić information content (AvgIpc) is 3.36. The summed E-state index contributed by atoms with van der Waals surface area (Å²) in [5, 5.41) is 9.54. The van der Waals surface area contributed by atoms with Gasteiger partial charge in [-0.1, -0.05) is 32.8 Å². The molecule has 24 heavy (non-hydrogen) atoms. The van der Waals surface area contributed by atoms with Crippen molar-refractivity contribution in [3.63, 3.8) is 0 Å². The van der Waals surface area contributed by atoms with Gasteiger partial charge < -0.3 is 4.90 Å². The van der Waals surface area contributed by atoms with E-state index in [4.69, 9.17) is 4.98 Å². The van der Waals surface area contributed by atoms with Crippen LogP contribution in [0.4, 0.5) is 0 Å². The van der Waals surface area contributed by atoms with Gasteiger partial charge in [0.15, 0.2) is 5.82 Å². The molecule has 0 bridgehead atoms. The van der Waals surface area contributed by atoms with Crippen LogP contribution in [0.5, 0.6) is 0 Å². The van der Waals surface area contributed by atoms with Crippen molar-refractivity contribution in [2.75, 3.05) is 13.1 Å². The molecule has 6 heteroatoms. The third-order valence-electron chi connectivity index (χ3n) is 5.63. The standard InChI is InChI=1S/C18H24N4OS/c1-12(2)15-19-16(21-20-15)13-10-22(11-18(13)7-3-4-8-18)17(23)14-6-5-9-24-14/h5-6,9,12-13H,3-4,7-8,10-11H2,1-2H3,(H,19,20,21). The monoisotopic (exact) mass is 344 g/mol. The lowest BCUT2D eigenvalue weighted by atomic mass is 9.76. The van der Waals surface area contributed by atoms with E-state index in [1.807, 2.05) is 22.4 Å². The molecule has 1 unspecified atom stereocenters. The molecule has 1 N–H and O–H groups in total. The number of rotatable bonds is 3. The maximum absolute atomic E-state index is 12.8. The van der Waals surface area contributed by atoms with Crippen LogP contribution in [0.15, 0.2) is 17.5 Å². The van der Waals surface area contributed by atoms with Crippen LogP contribution in [-0.4, -0.2) is 39.1 Å². The Hall–Kier alpha value is -1.69. The number of carbonyl (C=O) groups excluding carboxylic acids is 1. The van der Waals surface area contributed by atoms with Crippen molar-refractivity contribution in [1.29, 1.82) is 0 Å². The Kier molecular flexibility index (Phi) is 3.95. The third-order valence-corrected chi connectivity index (χ3v) is 6.49. The number of likely N-dealkylation sites (tertiary alicyclic amines) is 1. The molecule has 1 spiro atoms. The van der Waals surface area contributed by atoms with Crippen molar-refractivity contribution in [2.45, 2.75) is 51.4 Å². The van der Waals surface area contributed by atoms with E-state index in [0.29, 0.717) is 5.92 Å². The maximum atomic E-state index is 12.8. The van der Waals surface area contributed by atoms with Crippen molar-refractivity contribution in [3.05, 3.63) is 34.0 Å². The fourth-order valence-corrected chi connectivity index (χ4v) is 5.03. The molecule has 5 nitrogen and oxygen atoms in total. The van der Waals surface area contributed by atoms with Gasteiger partial charge in [0.25, 0.3) is 5.91 Å². The van der Waals surface area contributed by atoms with Crippen molar-refractivity contribution in [3.8, 4) is 0 Å². The first-order chi connectivity index (χ1) is 11.6. The van der Waals surface area contributed by atoms with Crippen molar-refractivity contribution < 1.29 is 4.79 Å².